The molecule has 1 heterocycles. The Morgan fingerprint density at radius 1 is 1.32 bits per heavy atom. The standard InChI is InChI=1S/C17H20N2O2S/c1-11-8-16(20)19-15-9-12(6-7-14(11)15)18-17(21)10-22-13-4-2-3-5-13/h6-9,13H,2-5,10H2,1H3,(H,18,21)(H,19,20). The smallest absolute Gasteiger partial charge is 0.248 e. The summed E-state index contributed by atoms with van der Waals surface area (Å²) in [6, 6.07) is 7.22. The van der Waals surface area contributed by atoms with Crippen LogP contribution in [0.4, 0.5) is 5.69 Å². The summed E-state index contributed by atoms with van der Waals surface area (Å²) < 4.78 is 0. The van der Waals surface area contributed by atoms with Crippen LogP contribution in [0.25, 0.3) is 10.9 Å². The number of benzene rings is 1. The number of aromatic amines is 1. The van der Waals surface area contributed by atoms with Gasteiger partial charge in [-0.2, -0.15) is 0 Å². The average Bonchev–Trinajstić information content (AvgIpc) is 2.98. The zero-order valence-electron chi connectivity index (χ0n) is 12.6. The molecular formula is C17H20N2O2S. The molecular weight excluding hydrogens is 296 g/mol. The van der Waals surface area contributed by atoms with E-state index in [2.05, 4.69) is 10.3 Å². The van der Waals surface area contributed by atoms with Gasteiger partial charge in [-0.25, -0.2) is 0 Å². The van der Waals surface area contributed by atoms with Crippen LogP contribution in [0.3, 0.4) is 0 Å². The summed E-state index contributed by atoms with van der Waals surface area (Å²) in [5.41, 5.74) is 2.30. The Kier molecular flexibility index (Phi) is 4.52. The number of carbonyl (C=O) groups is 1. The first-order chi connectivity index (χ1) is 10.6. The Morgan fingerprint density at radius 2 is 2.09 bits per heavy atom. The van der Waals surface area contributed by atoms with E-state index >= 15 is 0 Å². The molecule has 0 aliphatic heterocycles. The van der Waals surface area contributed by atoms with Crippen LogP contribution in [-0.4, -0.2) is 21.9 Å². The molecule has 0 radical (unpaired) electrons. The van der Waals surface area contributed by atoms with Gasteiger partial charge in [-0.05, 0) is 37.5 Å². The van der Waals surface area contributed by atoms with E-state index in [0.717, 1.165) is 22.2 Å². The number of hydrogen-bond acceptors (Lipinski definition) is 3. The molecule has 5 heteroatoms. The topological polar surface area (TPSA) is 62.0 Å². The third kappa shape index (κ3) is 3.53. The van der Waals surface area contributed by atoms with Gasteiger partial charge in [0.2, 0.25) is 11.5 Å². The van der Waals surface area contributed by atoms with Crippen LogP contribution in [0.1, 0.15) is 31.2 Å². The summed E-state index contributed by atoms with van der Waals surface area (Å²) in [5.74, 6) is 0.513. The number of thioether (sulfide) groups is 1. The number of pyridine rings is 1. The molecule has 1 aromatic carbocycles. The van der Waals surface area contributed by atoms with Crippen LogP contribution < -0.4 is 10.9 Å². The van der Waals surface area contributed by atoms with Crippen molar-refractivity contribution in [3.63, 3.8) is 0 Å². The fourth-order valence-electron chi connectivity index (χ4n) is 2.96. The van der Waals surface area contributed by atoms with E-state index in [-0.39, 0.29) is 11.5 Å². The van der Waals surface area contributed by atoms with E-state index in [9.17, 15) is 9.59 Å². The Balaban J connectivity index is 1.68. The van der Waals surface area contributed by atoms with E-state index in [1.807, 2.05) is 25.1 Å². The molecule has 0 unspecified atom stereocenters. The highest BCUT2D eigenvalue weighted by atomic mass is 32.2. The first kappa shape index (κ1) is 15.2. The largest absolute Gasteiger partial charge is 0.325 e. The summed E-state index contributed by atoms with van der Waals surface area (Å²) in [7, 11) is 0. The number of carbonyl (C=O) groups excluding carboxylic acids is 1. The van der Waals surface area contributed by atoms with E-state index in [1.165, 1.54) is 25.7 Å². The van der Waals surface area contributed by atoms with Gasteiger partial charge >= 0.3 is 0 Å². The summed E-state index contributed by atoms with van der Waals surface area (Å²) in [6.45, 7) is 1.91. The van der Waals surface area contributed by atoms with Crippen molar-refractivity contribution >= 4 is 34.3 Å². The number of aromatic nitrogens is 1. The maximum absolute atomic E-state index is 12.0. The number of rotatable bonds is 4. The third-order valence-electron chi connectivity index (χ3n) is 4.09. The lowest BCUT2D eigenvalue weighted by atomic mass is 10.1. The first-order valence-electron chi connectivity index (χ1n) is 7.67. The van der Waals surface area contributed by atoms with Gasteiger partial charge < -0.3 is 10.3 Å². The summed E-state index contributed by atoms with van der Waals surface area (Å²) in [4.78, 5) is 26.4. The lowest BCUT2D eigenvalue weighted by molar-refractivity contribution is -0.113. The second kappa shape index (κ2) is 6.57. The molecule has 0 spiro atoms. The quantitative estimate of drug-likeness (QED) is 0.908. The zero-order valence-corrected chi connectivity index (χ0v) is 13.5. The second-order valence-electron chi connectivity index (χ2n) is 5.84. The van der Waals surface area contributed by atoms with Crippen molar-refractivity contribution in [1.29, 1.82) is 0 Å². The number of aryl methyl sites for hydroxylation is 1. The highest BCUT2D eigenvalue weighted by molar-refractivity contribution is 8.00. The minimum atomic E-state index is -0.120. The second-order valence-corrected chi connectivity index (χ2v) is 7.13. The van der Waals surface area contributed by atoms with Crippen molar-refractivity contribution in [3.05, 3.63) is 40.2 Å². The molecule has 0 bridgehead atoms. The molecule has 3 rings (SSSR count). The predicted molar refractivity (Wildman–Crippen MR) is 92.6 cm³/mol. The molecule has 1 fully saturated rings. The van der Waals surface area contributed by atoms with Crippen LogP contribution in [-0.2, 0) is 4.79 Å². The van der Waals surface area contributed by atoms with E-state index in [4.69, 9.17) is 0 Å². The maximum Gasteiger partial charge on any atom is 0.248 e. The molecule has 1 saturated carbocycles. The molecule has 1 aliphatic carbocycles. The molecule has 1 aliphatic rings. The number of fused-ring (bicyclic) bond motifs is 1. The van der Waals surface area contributed by atoms with Gasteiger partial charge in [0.15, 0.2) is 0 Å². The van der Waals surface area contributed by atoms with Gasteiger partial charge in [0, 0.05) is 22.4 Å². The molecule has 22 heavy (non-hydrogen) atoms. The third-order valence-corrected chi connectivity index (χ3v) is 5.46. The molecule has 116 valence electrons. The minimum absolute atomic E-state index is 0.0197. The number of H-pyrrole nitrogens is 1. The highest BCUT2D eigenvalue weighted by Crippen LogP contribution is 2.29. The fraction of sp³-hybridized carbons (Fsp3) is 0.412. The minimum Gasteiger partial charge on any atom is -0.325 e. The maximum atomic E-state index is 12.0. The van der Waals surface area contributed by atoms with Crippen molar-refractivity contribution in [2.75, 3.05) is 11.1 Å². The van der Waals surface area contributed by atoms with Crippen LogP contribution in [0.5, 0.6) is 0 Å². The molecule has 2 N–H and O–H groups in total. The monoisotopic (exact) mass is 316 g/mol. The Hall–Kier alpha value is -1.75. The van der Waals surface area contributed by atoms with Gasteiger partial charge in [-0.3, -0.25) is 9.59 Å². The number of anilines is 1. The zero-order chi connectivity index (χ0) is 15.5. The number of nitrogens with one attached hydrogen (secondary N) is 2. The molecule has 4 nitrogen and oxygen atoms in total. The molecule has 0 atom stereocenters. The van der Waals surface area contributed by atoms with Gasteiger partial charge in [0.05, 0.1) is 11.3 Å². The summed E-state index contributed by atoms with van der Waals surface area (Å²) >= 11 is 1.75. The van der Waals surface area contributed by atoms with E-state index in [1.54, 1.807) is 17.8 Å². The summed E-state index contributed by atoms with van der Waals surface area (Å²) in [5, 5.41) is 4.55. The van der Waals surface area contributed by atoms with Crippen LogP contribution >= 0.6 is 11.8 Å². The SMILES string of the molecule is Cc1cc(=O)[nH]c2cc(NC(=O)CSC3CCCC3)ccc12. The molecule has 0 saturated heterocycles. The fourth-order valence-corrected chi connectivity index (χ4v) is 4.08. The van der Waals surface area contributed by atoms with Gasteiger partial charge in [0.25, 0.3) is 0 Å². The van der Waals surface area contributed by atoms with Crippen molar-refractivity contribution in [2.24, 2.45) is 0 Å². The van der Waals surface area contributed by atoms with Gasteiger partial charge in [-0.1, -0.05) is 18.9 Å². The first-order valence-corrected chi connectivity index (χ1v) is 8.72. The lowest BCUT2D eigenvalue weighted by Gasteiger charge is -2.10. The summed E-state index contributed by atoms with van der Waals surface area (Å²) in [6.07, 6.45) is 5.04. The molecule has 1 amide bonds. The van der Waals surface area contributed by atoms with E-state index < -0.39 is 0 Å². The Bertz CT molecular complexity index is 748. The molecule has 2 aromatic rings. The van der Waals surface area contributed by atoms with Crippen LogP contribution in [0.15, 0.2) is 29.1 Å². The Morgan fingerprint density at radius 3 is 2.86 bits per heavy atom. The van der Waals surface area contributed by atoms with Crippen molar-refractivity contribution < 1.29 is 4.79 Å². The normalized spacial score (nSPS) is 15.3. The lowest BCUT2D eigenvalue weighted by Crippen LogP contribution is -2.16. The van der Waals surface area contributed by atoms with Gasteiger partial charge in [0.1, 0.15) is 0 Å². The number of amides is 1. The highest BCUT2D eigenvalue weighted by Gasteiger charge is 2.16. The van der Waals surface area contributed by atoms with Crippen LogP contribution in [0.2, 0.25) is 0 Å². The van der Waals surface area contributed by atoms with Crippen molar-refractivity contribution in [3.8, 4) is 0 Å². The van der Waals surface area contributed by atoms with Crippen molar-refractivity contribution in [2.45, 2.75) is 37.9 Å². The van der Waals surface area contributed by atoms with Gasteiger partial charge in [-0.15, -0.1) is 11.8 Å². The number of hydrogen-bond donors (Lipinski definition) is 2. The predicted octanol–water partition coefficient (Wildman–Crippen LogP) is 3.45. The van der Waals surface area contributed by atoms with Crippen LogP contribution in [0, 0.1) is 6.92 Å². The Labute approximate surface area is 133 Å². The molecule has 1 aromatic heterocycles. The van der Waals surface area contributed by atoms with E-state index in [0.29, 0.717) is 11.0 Å². The van der Waals surface area contributed by atoms with Crippen molar-refractivity contribution in [1.82, 2.24) is 4.98 Å². The average molecular weight is 316 g/mol.